The molecular formula is C25H24ClN3O2. The maximum absolute atomic E-state index is 12.8. The van der Waals surface area contributed by atoms with E-state index in [-0.39, 0.29) is 11.9 Å². The van der Waals surface area contributed by atoms with E-state index in [1.54, 1.807) is 12.1 Å². The lowest BCUT2D eigenvalue weighted by atomic mass is 10.1. The Labute approximate surface area is 186 Å². The highest BCUT2D eigenvalue weighted by Gasteiger charge is 2.19. The number of para-hydroxylation sites is 2. The summed E-state index contributed by atoms with van der Waals surface area (Å²) >= 11 is 5.94. The molecule has 1 N–H and O–H groups in total. The van der Waals surface area contributed by atoms with Gasteiger partial charge in [-0.25, -0.2) is 4.98 Å². The minimum atomic E-state index is -0.268. The second-order valence-electron chi connectivity index (χ2n) is 7.48. The molecule has 0 bridgehead atoms. The van der Waals surface area contributed by atoms with Crippen molar-refractivity contribution in [2.24, 2.45) is 0 Å². The van der Waals surface area contributed by atoms with Crippen molar-refractivity contribution in [1.29, 1.82) is 0 Å². The number of nitrogens with one attached hydrogen (secondary N) is 1. The topological polar surface area (TPSA) is 56.2 Å². The zero-order chi connectivity index (χ0) is 21.8. The van der Waals surface area contributed by atoms with Gasteiger partial charge in [-0.15, -0.1) is 0 Å². The van der Waals surface area contributed by atoms with Crippen molar-refractivity contribution in [3.63, 3.8) is 0 Å². The molecule has 1 aromatic heterocycles. The van der Waals surface area contributed by atoms with E-state index in [2.05, 4.69) is 9.88 Å². The molecule has 158 valence electrons. The van der Waals surface area contributed by atoms with Crippen LogP contribution in [0, 0.1) is 6.92 Å². The SMILES string of the molecule is Cc1cccc(C(=O)NC(C)c2nc3ccccc3n2CCOc2ccc(Cl)cc2)c1. The van der Waals surface area contributed by atoms with Crippen LogP contribution in [0.2, 0.25) is 5.02 Å². The summed E-state index contributed by atoms with van der Waals surface area (Å²) in [5.74, 6) is 1.44. The predicted molar refractivity (Wildman–Crippen MR) is 124 cm³/mol. The summed E-state index contributed by atoms with van der Waals surface area (Å²) in [4.78, 5) is 17.5. The van der Waals surface area contributed by atoms with E-state index >= 15 is 0 Å². The molecule has 0 aliphatic rings. The van der Waals surface area contributed by atoms with E-state index in [1.165, 1.54) is 0 Å². The molecule has 1 atom stereocenters. The number of nitrogens with zero attached hydrogens (tertiary/aromatic N) is 2. The van der Waals surface area contributed by atoms with Gasteiger partial charge >= 0.3 is 0 Å². The predicted octanol–water partition coefficient (Wildman–Crippen LogP) is 5.57. The number of aryl methyl sites for hydroxylation is 1. The van der Waals surface area contributed by atoms with Gasteiger partial charge in [-0.05, 0) is 62.4 Å². The van der Waals surface area contributed by atoms with Crippen LogP contribution in [0.3, 0.4) is 0 Å². The van der Waals surface area contributed by atoms with E-state index in [9.17, 15) is 4.79 Å². The number of carbonyl (C=O) groups is 1. The summed E-state index contributed by atoms with van der Waals surface area (Å²) in [5, 5.41) is 3.75. The lowest BCUT2D eigenvalue weighted by Gasteiger charge is -2.17. The van der Waals surface area contributed by atoms with Gasteiger partial charge in [0, 0.05) is 10.6 Å². The van der Waals surface area contributed by atoms with Gasteiger partial charge in [0.05, 0.1) is 23.6 Å². The number of hydrogen-bond donors (Lipinski definition) is 1. The van der Waals surface area contributed by atoms with Crippen LogP contribution in [0.15, 0.2) is 72.8 Å². The molecule has 0 saturated heterocycles. The first kappa shape index (κ1) is 20.9. The van der Waals surface area contributed by atoms with Crippen LogP contribution in [0.5, 0.6) is 5.75 Å². The molecule has 1 heterocycles. The van der Waals surface area contributed by atoms with Gasteiger partial charge in [0.15, 0.2) is 0 Å². The highest BCUT2D eigenvalue weighted by atomic mass is 35.5. The van der Waals surface area contributed by atoms with Crippen LogP contribution in [-0.2, 0) is 6.54 Å². The molecule has 4 aromatic rings. The van der Waals surface area contributed by atoms with Crippen molar-refractivity contribution in [3.05, 3.63) is 94.8 Å². The molecule has 4 rings (SSSR count). The van der Waals surface area contributed by atoms with Gasteiger partial charge in [-0.1, -0.05) is 41.4 Å². The van der Waals surface area contributed by atoms with Crippen LogP contribution < -0.4 is 10.1 Å². The fourth-order valence-corrected chi connectivity index (χ4v) is 3.70. The highest BCUT2D eigenvalue weighted by molar-refractivity contribution is 6.30. The third-order valence-corrected chi connectivity index (χ3v) is 5.35. The van der Waals surface area contributed by atoms with E-state index < -0.39 is 0 Å². The molecule has 0 saturated carbocycles. The molecule has 3 aromatic carbocycles. The van der Waals surface area contributed by atoms with Crippen molar-refractivity contribution in [1.82, 2.24) is 14.9 Å². The van der Waals surface area contributed by atoms with Crippen molar-refractivity contribution < 1.29 is 9.53 Å². The maximum atomic E-state index is 12.8. The van der Waals surface area contributed by atoms with Crippen LogP contribution in [0.1, 0.15) is 34.7 Å². The number of rotatable bonds is 7. The first-order valence-corrected chi connectivity index (χ1v) is 10.6. The third-order valence-electron chi connectivity index (χ3n) is 5.10. The van der Waals surface area contributed by atoms with Crippen LogP contribution in [-0.4, -0.2) is 22.1 Å². The zero-order valence-electron chi connectivity index (χ0n) is 17.5. The van der Waals surface area contributed by atoms with E-state index in [1.807, 2.05) is 74.5 Å². The Morgan fingerprint density at radius 3 is 2.65 bits per heavy atom. The van der Waals surface area contributed by atoms with Crippen LogP contribution in [0.25, 0.3) is 11.0 Å². The van der Waals surface area contributed by atoms with Gasteiger partial charge in [0.1, 0.15) is 18.2 Å². The number of imidazole rings is 1. The molecular weight excluding hydrogens is 410 g/mol. The molecule has 31 heavy (non-hydrogen) atoms. The monoisotopic (exact) mass is 433 g/mol. The standard InChI is InChI=1S/C25H24ClN3O2/c1-17-6-5-7-19(16-17)25(30)27-18(2)24-28-22-8-3-4-9-23(22)29(24)14-15-31-21-12-10-20(26)11-13-21/h3-13,16,18H,14-15H2,1-2H3,(H,27,30). The average molecular weight is 434 g/mol. The molecule has 5 nitrogen and oxygen atoms in total. The van der Waals surface area contributed by atoms with Crippen molar-refractivity contribution in [2.75, 3.05) is 6.61 Å². The molecule has 0 fully saturated rings. The summed E-state index contributed by atoms with van der Waals surface area (Å²) in [6.45, 7) is 4.99. The quantitative estimate of drug-likeness (QED) is 0.414. The molecule has 0 radical (unpaired) electrons. The number of benzene rings is 3. The van der Waals surface area contributed by atoms with Crippen molar-refractivity contribution in [2.45, 2.75) is 26.4 Å². The maximum Gasteiger partial charge on any atom is 0.251 e. The molecule has 0 aliphatic carbocycles. The third kappa shape index (κ3) is 4.89. The second-order valence-corrected chi connectivity index (χ2v) is 7.91. The number of fused-ring (bicyclic) bond motifs is 1. The van der Waals surface area contributed by atoms with Crippen molar-refractivity contribution >= 4 is 28.5 Å². The number of carbonyl (C=O) groups excluding carboxylic acids is 1. The fourth-order valence-electron chi connectivity index (χ4n) is 3.58. The first-order chi connectivity index (χ1) is 15.0. The Morgan fingerprint density at radius 2 is 1.87 bits per heavy atom. The van der Waals surface area contributed by atoms with Gasteiger partial charge < -0.3 is 14.6 Å². The van der Waals surface area contributed by atoms with Gasteiger partial charge in [0.25, 0.3) is 5.91 Å². The molecule has 1 unspecified atom stereocenters. The summed E-state index contributed by atoms with van der Waals surface area (Å²) in [7, 11) is 0. The van der Waals surface area contributed by atoms with E-state index in [4.69, 9.17) is 21.3 Å². The summed E-state index contributed by atoms with van der Waals surface area (Å²) in [5.41, 5.74) is 3.59. The Kier molecular flexibility index (Phi) is 6.23. The molecule has 6 heteroatoms. The summed E-state index contributed by atoms with van der Waals surface area (Å²) in [6.07, 6.45) is 0. The number of aromatic nitrogens is 2. The van der Waals surface area contributed by atoms with Gasteiger partial charge in [-0.2, -0.15) is 0 Å². The second kappa shape index (κ2) is 9.23. The number of amides is 1. The molecule has 1 amide bonds. The lowest BCUT2D eigenvalue weighted by molar-refractivity contribution is 0.0937. The summed E-state index contributed by atoms with van der Waals surface area (Å²) < 4.78 is 7.99. The molecule has 0 spiro atoms. The normalized spacial score (nSPS) is 12.0. The van der Waals surface area contributed by atoms with Crippen LogP contribution >= 0.6 is 11.6 Å². The van der Waals surface area contributed by atoms with Gasteiger partial charge in [-0.3, -0.25) is 4.79 Å². The van der Waals surface area contributed by atoms with Gasteiger partial charge in [0.2, 0.25) is 0 Å². The largest absolute Gasteiger partial charge is 0.492 e. The van der Waals surface area contributed by atoms with Crippen molar-refractivity contribution in [3.8, 4) is 5.75 Å². The Morgan fingerprint density at radius 1 is 1.10 bits per heavy atom. The smallest absolute Gasteiger partial charge is 0.251 e. The summed E-state index contributed by atoms with van der Waals surface area (Å²) in [6, 6.07) is 22.5. The lowest BCUT2D eigenvalue weighted by Crippen LogP contribution is -2.29. The minimum Gasteiger partial charge on any atom is -0.492 e. The Bertz CT molecular complexity index is 1200. The van der Waals surface area contributed by atoms with Crippen LogP contribution in [0.4, 0.5) is 0 Å². The number of hydrogen-bond acceptors (Lipinski definition) is 3. The fraction of sp³-hybridized carbons (Fsp3) is 0.200. The minimum absolute atomic E-state index is 0.118. The van der Waals surface area contributed by atoms with E-state index in [0.29, 0.717) is 23.7 Å². The Hall–Kier alpha value is -3.31. The Balaban J connectivity index is 1.53. The van der Waals surface area contributed by atoms with E-state index in [0.717, 1.165) is 28.2 Å². The zero-order valence-corrected chi connectivity index (χ0v) is 18.3. The number of ether oxygens (including phenoxy) is 1. The number of halogens is 1. The average Bonchev–Trinajstić information content (AvgIpc) is 3.14. The molecule has 0 aliphatic heterocycles. The highest BCUT2D eigenvalue weighted by Crippen LogP contribution is 2.22. The first-order valence-electron chi connectivity index (χ1n) is 10.2.